The number of ether oxygens (including phenoxy) is 1. The summed E-state index contributed by atoms with van der Waals surface area (Å²) in [5.74, 6) is 1.82. The zero-order valence-corrected chi connectivity index (χ0v) is 20.3. The maximum absolute atomic E-state index is 5.35. The van der Waals surface area contributed by atoms with Crippen LogP contribution in [0.1, 0.15) is 5.56 Å². The number of hydrogen-bond acceptors (Lipinski definition) is 4. The van der Waals surface area contributed by atoms with Crippen molar-refractivity contribution in [2.45, 2.75) is 6.54 Å². The highest BCUT2D eigenvalue weighted by molar-refractivity contribution is 14.0. The van der Waals surface area contributed by atoms with E-state index in [1.165, 1.54) is 5.69 Å². The minimum Gasteiger partial charge on any atom is -0.497 e. The Kier molecular flexibility index (Phi) is 8.16. The first-order chi connectivity index (χ1) is 14.8. The van der Waals surface area contributed by atoms with Crippen LogP contribution in [0, 0.1) is 0 Å². The molecule has 0 amide bonds. The van der Waals surface area contributed by atoms with Gasteiger partial charge in [-0.2, -0.15) is 5.10 Å². The molecular formula is C23H29IN6O. The van der Waals surface area contributed by atoms with Gasteiger partial charge in [0.05, 0.1) is 19.0 Å². The predicted molar refractivity (Wildman–Crippen MR) is 136 cm³/mol. The molecule has 1 saturated heterocycles. The van der Waals surface area contributed by atoms with E-state index in [2.05, 4.69) is 43.5 Å². The maximum Gasteiger partial charge on any atom is 0.194 e. The van der Waals surface area contributed by atoms with Crippen LogP contribution in [-0.4, -0.2) is 61.0 Å². The van der Waals surface area contributed by atoms with E-state index < -0.39 is 0 Å². The Hall–Kier alpha value is -2.75. The number of nitrogens with zero attached hydrogens (tertiary/aromatic N) is 5. The molecule has 0 aliphatic carbocycles. The Labute approximate surface area is 200 Å². The molecule has 0 bridgehead atoms. The van der Waals surface area contributed by atoms with Crippen LogP contribution in [-0.2, 0) is 6.54 Å². The SMILES string of the molecule is CN=C(NCc1cnn(-c2ccccc2)c1)N1CCN(c2cccc(OC)c2)CC1.I. The minimum absolute atomic E-state index is 0. The monoisotopic (exact) mass is 532 g/mol. The molecule has 0 unspecified atom stereocenters. The molecule has 3 aromatic rings. The van der Waals surface area contributed by atoms with Gasteiger partial charge in [-0.25, -0.2) is 4.68 Å². The summed E-state index contributed by atoms with van der Waals surface area (Å²) in [7, 11) is 3.54. The van der Waals surface area contributed by atoms with Crippen LogP contribution in [0.4, 0.5) is 5.69 Å². The van der Waals surface area contributed by atoms with Crippen LogP contribution in [0.3, 0.4) is 0 Å². The number of piperazine rings is 1. The Morgan fingerprint density at radius 1 is 1.03 bits per heavy atom. The van der Waals surface area contributed by atoms with Crippen molar-refractivity contribution in [1.82, 2.24) is 20.0 Å². The van der Waals surface area contributed by atoms with Gasteiger partial charge >= 0.3 is 0 Å². The Morgan fingerprint density at radius 3 is 2.48 bits per heavy atom. The fourth-order valence-electron chi connectivity index (χ4n) is 3.67. The van der Waals surface area contributed by atoms with Gasteiger partial charge in [0.1, 0.15) is 5.75 Å². The lowest BCUT2D eigenvalue weighted by Crippen LogP contribution is -2.52. The topological polar surface area (TPSA) is 57.9 Å². The quantitative estimate of drug-likeness (QED) is 0.310. The normalized spacial score (nSPS) is 14.2. The zero-order valence-electron chi connectivity index (χ0n) is 17.9. The van der Waals surface area contributed by atoms with Gasteiger partial charge in [-0.3, -0.25) is 4.99 Å². The van der Waals surface area contributed by atoms with E-state index in [4.69, 9.17) is 4.74 Å². The third kappa shape index (κ3) is 5.69. The van der Waals surface area contributed by atoms with Gasteiger partial charge in [0.15, 0.2) is 5.96 Å². The van der Waals surface area contributed by atoms with Crippen LogP contribution in [0.15, 0.2) is 72.0 Å². The van der Waals surface area contributed by atoms with Crippen molar-refractivity contribution < 1.29 is 4.74 Å². The van der Waals surface area contributed by atoms with Crippen LogP contribution < -0.4 is 15.0 Å². The summed E-state index contributed by atoms with van der Waals surface area (Å²) in [4.78, 5) is 9.17. The average Bonchev–Trinajstić information content (AvgIpc) is 3.30. The summed E-state index contributed by atoms with van der Waals surface area (Å²) in [6.45, 7) is 4.41. The zero-order chi connectivity index (χ0) is 20.8. The van der Waals surface area contributed by atoms with Crippen molar-refractivity contribution in [3.63, 3.8) is 0 Å². The molecule has 8 heteroatoms. The van der Waals surface area contributed by atoms with Crippen LogP contribution in [0.2, 0.25) is 0 Å². The molecule has 2 aromatic carbocycles. The molecule has 7 nitrogen and oxygen atoms in total. The largest absolute Gasteiger partial charge is 0.497 e. The molecule has 2 heterocycles. The number of aromatic nitrogens is 2. The van der Waals surface area contributed by atoms with Crippen LogP contribution in [0.5, 0.6) is 5.75 Å². The van der Waals surface area contributed by atoms with Gasteiger partial charge in [-0.1, -0.05) is 24.3 Å². The summed E-state index contributed by atoms with van der Waals surface area (Å²) in [6.07, 6.45) is 3.95. The lowest BCUT2D eigenvalue weighted by atomic mass is 10.2. The summed E-state index contributed by atoms with van der Waals surface area (Å²) < 4.78 is 7.25. The number of rotatable bonds is 5. The molecule has 0 radical (unpaired) electrons. The molecule has 1 aliphatic rings. The highest BCUT2D eigenvalue weighted by Gasteiger charge is 2.20. The number of anilines is 1. The van der Waals surface area contributed by atoms with Crippen molar-refractivity contribution in [2.24, 2.45) is 4.99 Å². The van der Waals surface area contributed by atoms with Crippen molar-refractivity contribution >= 4 is 35.6 Å². The lowest BCUT2D eigenvalue weighted by Gasteiger charge is -2.37. The second-order valence-electron chi connectivity index (χ2n) is 7.21. The Balaban J connectivity index is 0.00000272. The second kappa shape index (κ2) is 11.0. The van der Waals surface area contributed by atoms with Gasteiger partial charge in [-0.15, -0.1) is 24.0 Å². The fourth-order valence-corrected chi connectivity index (χ4v) is 3.67. The standard InChI is InChI=1S/C23H28N6O.HI/c1-24-23(25-16-19-17-26-29(18-19)20-7-4-3-5-8-20)28-13-11-27(12-14-28)21-9-6-10-22(15-21)30-2;/h3-10,15,17-18H,11-14,16H2,1-2H3,(H,24,25);1H. The smallest absolute Gasteiger partial charge is 0.194 e. The van der Waals surface area contributed by atoms with Crippen LogP contribution in [0.25, 0.3) is 5.69 Å². The molecule has 31 heavy (non-hydrogen) atoms. The molecule has 0 atom stereocenters. The van der Waals surface area contributed by atoms with E-state index in [9.17, 15) is 0 Å². The molecule has 0 saturated carbocycles. The lowest BCUT2D eigenvalue weighted by molar-refractivity contribution is 0.372. The maximum atomic E-state index is 5.35. The fraction of sp³-hybridized carbons (Fsp3) is 0.304. The average molecular weight is 532 g/mol. The van der Waals surface area contributed by atoms with E-state index in [0.29, 0.717) is 6.54 Å². The minimum atomic E-state index is 0. The number of methoxy groups -OCH3 is 1. The summed E-state index contributed by atoms with van der Waals surface area (Å²) in [6, 6.07) is 18.4. The second-order valence-corrected chi connectivity index (χ2v) is 7.21. The predicted octanol–water partition coefficient (Wildman–Crippen LogP) is 3.40. The third-order valence-corrected chi connectivity index (χ3v) is 5.32. The molecule has 4 rings (SSSR count). The highest BCUT2D eigenvalue weighted by Crippen LogP contribution is 2.22. The molecule has 1 N–H and O–H groups in total. The van der Waals surface area contributed by atoms with Gasteiger partial charge in [0.25, 0.3) is 0 Å². The molecule has 1 aliphatic heterocycles. The van der Waals surface area contributed by atoms with E-state index >= 15 is 0 Å². The third-order valence-electron chi connectivity index (χ3n) is 5.32. The Morgan fingerprint density at radius 2 is 1.77 bits per heavy atom. The number of para-hydroxylation sites is 1. The number of halogens is 1. The number of guanidine groups is 1. The summed E-state index contributed by atoms with van der Waals surface area (Å²) in [5.41, 5.74) is 3.38. The van der Waals surface area contributed by atoms with Crippen molar-refractivity contribution in [1.29, 1.82) is 0 Å². The Bertz CT molecular complexity index is 982. The van der Waals surface area contributed by atoms with Crippen molar-refractivity contribution in [2.75, 3.05) is 45.2 Å². The first-order valence-corrected chi connectivity index (χ1v) is 10.2. The van der Waals surface area contributed by atoms with E-state index in [0.717, 1.165) is 49.1 Å². The van der Waals surface area contributed by atoms with Gasteiger partial charge in [-0.05, 0) is 24.3 Å². The van der Waals surface area contributed by atoms with Crippen molar-refractivity contribution in [3.05, 3.63) is 72.6 Å². The summed E-state index contributed by atoms with van der Waals surface area (Å²) in [5, 5.41) is 7.94. The van der Waals surface area contributed by atoms with Crippen LogP contribution >= 0.6 is 24.0 Å². The number of nitrogens with one attached hydrogen (secondary N) is 1. The number of aliphatic imine (C=N–C) groups is 1. The van der Waals surface area contributed by atoms with E-state index in [1.54, 1.807) is 7.11 Å². The van der Waals surface area contributed by atoms with E-state index in [-0.39, 0.29) is 24.0 Å². The number of hydrogen-bond donors (Lipinski definition) is 1. The molecule has 1 fully saturated rings. The van der Waals surface area contributed by atoms with E-state index in [1.807, 2.05) is 60.4 Å². The molecule has 164 valence electrons. The number of benzene rings is 2. The summed E-state index contributed by atoms with van der Waals surface area (Å²) >= 11 is 0. The first-order valence-electron chi connectivity index (χ1n) is 10.2. The molecular weight excluding hydrogens is 503 g/mol. The van der Waals surface area contributed by atoms with Gasteiger partial charge < -0.3 is 19.9 Å². The molecule has 1 aromatic heterocycles. The van der Waals surface area contributed by atoms with Gasteiger partial charge in [0, 0.05) is 63.3 Å². The first kappa shape index (κ1) is 22.9. The van der Waals surface area contributed by atoms with Crippen molar-refractivity contribution in [3.8, 4) is 11.4 Å². The molecule has 0 spiro atoms. The van der Waals surface area contributed by atoms with Gasteiger partial charge in [0.2, 0.25) is 0 Å². The highest BCUT2D eigenvalue weighted by atomic mass is 127.